The molecule has 1 N–H and O–H groups in total. The molecule has 1 heterocycles. The molecule has 0 aliphatic carbocycles. The largest absolute Gasteiger partial charge is 0.371 e. The van der Waals surface area contributed by atoms with Gasteiger partial charge in [-0.1, -0.05) is 0 Å². The molecule has 0 saturated carbocycles. The first-order chi connectivity index (χ1) is 10.6. The summed E-state index contributed by atoms with van der Waals surface area (Å²) in [6.45, 7) is 1.78. The van der Waals surface area contributed by atoms with Crippen molar-refractivity contribution in [3.63, 3.8) is 0 Å². The quantitative estimate of drug-likeness (QED) is 0.504. The van der Waals surface area contributed by atoms with Crippen LogP contribution in [0.15, 0.2) is 23.3 Å². The molecule has 0 atom stereocenters. The molecule has 114 valence electrons. The lowest BCUT2D eigenvalue weighted by molar-refractivity contribution is -0.384. The lowest BCUT2D eigenvalue weighted by Gasteiger charge is -2.19. The van der Waals surface area contributed by atoms with Crippen LogP contribution < -0.4 is 10.3 Å². The summed E-state index contributed by atoms with van der Waals surface area (Å²) in [4.78, 5) is 23.7. The zero-order chi connectivity index (χ0) is 15.9. The molecule has 1 saturated heterocycles. The monoisotopic (exact) mass is 301 g/mol. The third kappa shape index (κ3) is 3.79. The van der Waals surface area contributed by atoms with E-state index in [0.29, 0.717) is 5.56 Å². The van der Waals surface area contributed by atoms with E-state index >= 15 is 0 Å². The SMILES string of the molecule is N#CCC(=O)N/N=C/c1cc([N+](=O)[O-])ccc1N1CCCC1. The first-order valence-electron chi connectivity index (χ1n) is 6.84. The Morgan fingerprint density at radius 2 is 2.23 bits per heavy atom. The molecule has 0 bridgehead atoms. The number of hydrogen-bond acceptors (Lipinski definition) is 6. The van der Waals surface area contributed by atoms with Crippen LogP contribution in [0.1, 0.15) is 24.8 Å². The van der Waals surface area contributed by atoms with Gasteiger partial charge in [0, 0.05) is 36.5 Å². The summed E-state index contributed by atoms with van der Waals surface area (Å²) in [6, 6.07) is 6.29. The van der Waals surface area contributed by atoms with Crippen molar-refractivity contribution in [2.45, 2.75) is 19.3 Å². The molecule has 1 aromatic rings. The Labute approximate surface area is 127 Å². The minimum Gasteiger partial charge on any atom is -0.371 e. The van der Waals surface area contributed by atoms with Crippen LogP contribution in [0.3, 0.4) is 0 Å². The molecule has 1 amide bonds. The van der Waals surface area contributed by atoms with Crippen LogP contribution in [0.2, 0.25) is 0 Å². The van der Waals surface area contributed by atoms with Gasteiger partial charge >= 0.3 is 0 Å². The van der Waals surface area contributed by atoms with E-state index < -0.39 is 10.8 Å². The number of anilines is 1. The van der Waals surface area contributed by atoms with E-state index in [9.17, 15) is 14.9 Å². The molecular formula is C14H15N5O3. The second-order valence-electron chi connectivity index (χ2n) is 4.82. The van der Waals surface area contributed by atoms with Crippen molar-refractivity contribution in [1.82, 2.24) is 5.43 Å². The zero-order valence-corrected chi connectivity index (χ0v) is 11.9. The maximum absolute atomic E-state index is 11.2. The van der Waals surface area contributed by atoms with Crippen LogP contribution in [0.4, 0.5) is 11.4 Å². The summed E-state index contributed by atoms with van der Waals surface area (Å²) >= 11 is 0. The van der Waals surface area contributed by atoms with E-state index in [4.69, 9.17) is 5.26 Å². The number of carbonyl (C=O) groups excluding carboxylic acids is 1. The van der Waals surface area contributed by atoms with Gasteiger partial charge in [-0.3, -0.25) is 14.9 Å². The first-order valence-corrected chi connectivity index (χ1v) is 6.84. The number of nitrogens with zero attached hydrogens (tertiary/aromatic N) is 4. The topological polar surface area (TPSA) is 112 Å². The molecule has 1 fully saturated rings. The number of nitro benzene ring substituents is 1. The molecular weight excluding hydrogens is 286 g/mol. The molecule has 8 nitrogen and oxygen atoms in total. The first kappa shape index (κ1) is 15.4. The fraction of sp³-hybridized carbons (Fsp3) is 0.357. The van der Waals surface area contributed by atoms with Crippen molar-refractivity contribution in [2.24, 2.45) is 5.10 Å². The molecule has 2 rings (SSSR count). The van der Waals surface area contributed by atoms with Crippen LogP contribution in [-0.2, 0) is 4.79 Å². The normalized spacial score (nSPS) is 14.0. The lowest BCUT2D eigenvalue weighted by Crippen LogP contribution is -2.20. The highest BCUT2D eigenvalue weighted by atomic mass is 16.6. The number of benzene rings is 1. The van der Waals surface area contributed by atoms with Gasteiger partial charge in [-0.25, -0.2) is 5.43 Å². The highest BCUT2D eigenvalue weighted by molar-refractivity contribution is 5.90. The van der Waals surface area contributed by atoms with Gasteiger partial charge in [0.05, 0.1) is 17.2 Å². The molecule has 0 aromatic heterocycles. The van der Waals surface area contributed by atoms with Gasteiger partial charge in [0.2, 0.25) is 0 Å². The molecule has 1 aliphatic rings. The van der Waals surface area contributed by atoms with Crippen molar-refractivity contribution >= 4 is 23.5 Å². The number of hydrazone groups is 1. The fourth-order valence-corrected chi connectivity index (χ4v) is 2.29. The number of nitro groups is 1. The number of hydrogen-bond donors (Lipinski definition) is 1. The van der Waals surface area contributed by atoms with E-state index in [1.807, 2.05) is 0 Å². The zero-order valence-electron chi connectivity index (χ0n) is 11.9. The van der Waals surface area contributed by atoms with Crippen LogP contribution in [0.5, 0.6) is 0 Å². The van der Waals surface area contributed by atoms with Crippen LogP contribution in [0, 0.1) is 21.4 Å². The second-order valence-corrected chi connectivity index (χ2v) is 4.82. The highest BCUT2D eigenvalue weighted by Crippen LogP contribution is 2.27. The van der Waals surface area contributed by atoms with Crippen LogP contribution in [0.25, 0.3) is 0 Å². The Morgan fingerprint density at radius 1 is 1.50 bits per heavy atom. The fourth-order valence-electron chi connectivity index (χ4n) is 2.29. The molecule has 1 aliphatic heterocycles. The summed E-state index contributed by atoms with van der Waals surface area (Å²) in [5.41, 5.74) is 3.60. The maximum Gasteiger partial charge on any atom is 0.270 e. The predicted molar refractivity (Wildman–Crippen MR) is 80.5 cm³/mol. The summed E-state index contributed by atoms with van der Waals surface area (Å²) < 4.78 is 0. The summed E-state index contributed by atoms with van der Waals surface area (Å²) in [5.74, 6) is -0.521. The number of carbonyl (C=O) groups is 1. The van der Waals surface area contributed by atoms with E-state index in [-0.39, 0.29) is 12.1 Å². The lowest BCUT2D eigenvalue weighted by atomic mass is 10.1. The van der Waals surface area contributed by atoms with E-state index in [1.165, 1.54) is 18.3 Å². The predicted octanol–water partition coefficient (Wildman–Crippen LogP) is 1.56. The number of nitriles is 1. The van der Waals surface area contributed by atoms with Crippen molar-refractivity contribution < 1.29 is 9.72 Å². The minimum atomic E-state index is -0.521. The molecule has 1 aromatic carbocycles. The van der Waals surface area contributed by atoms with E-state index in [0.717, 1.165) is 31.6 Å². The Bertz CT molecular complexity index is 644. The third-order valence-corrected chi connectivity index (χ3v) is 3.30. The number of amides is 1. The average Bonchev–Trinajstić information content (AvgIpc) is 3.01. The Morgan fingerprint density at radius 3 is 2.86 bits per heavy atom. The minimum absolute atomic E-state index is 0.0345. The van der Waals surface area contributed by atoms with Crippen molar-refractivity contribution in [2.75, 3.05) is 18.0 Å². The van der Waals surface area contributed by atoms with Crippen LogP contribution >= 0.6 is 0 Å². The average molecular weight is 301 g/mol. The highest BCUT2D eigenvalue weighted by Gasteiger charge is 2.17. The molecule has 0 spiro atoms. The van der Waals surface area contributed by atoms with Gasteiger partial charge in [-0.15, -0.1) is 0 Å². The Balaban J connectivity index is 2.23. The molecule has 0 unspecified atom stereocenters. The summed E-state index contributed by atoms with van der Waals surface area (Å²) in [5, 5.41) is 23.1. The smallest absolute Gasteiger partial charge is 0.270 e. The Kier molecular flexibility index (Phi) is 5.03. The van der Waals surface area contributed by atoms with E-state index in [2.05, 4.69) is 15.4 Å². The van der Waals surface area contributed by atoms with Gasteiger partial charge < -0.3 is 4.90 Å². The summed E-state index contributed by atoms with van der Waals surface area (Å²) in [6.07, 6.45) is 3.24. The van der Waals surface area contributed by atoms with Crippen molar-refractivity contribution in [3.8, 4) is 6.07 Å². The van der Waals surface area contributed by atoms with Gasteiger partial charge in [-0.2, -0.15) is 10.4 Å². The summed E-state index contributed by atoms with van der Waals surface area (Å²) in [7, 11) is 0. The van der Waals surface area contributed by atoms with Gasteiger partial charge in [0.1, 0.15) is 6.42 Å². The second kappa shape index (κ2) is 7.17. The maximum atomic E-state index is 11.2. The van der Waals surface area contributed by atoms with Crippen LogP contribution in [-0.4, -0.2) is 30.1 Å². The number of nitrogens with one attached hydrogen (secondary N) is 1. The standard InChI is InChI=1S/C14H15N5O3/c15-6-5-14(20)17-16-10-11-9-12(19(21)22)3-4-13(11)18-7-1-2-8-18/h3-4,9-10H,1-2,5,7-8H2,(H,17,20)/b16-10+. The van der Waals surface area contributed by atoms with Gasteiger partial charge in [0.15, 0.2) is 0 Å². The molecule has 8 heteroatoms. The van der Waals surface area contributed by atoms with E-state index in [1.54, 1.807) is 12.1 Å². The third-order valence-electron chi connectivity index (χ3n) is 3.30. The molecule has 22 heavy (non-hydrogen) atoms. The van der Waals surface area contributed by atoms with Gasteiger partial charge in [-0.05, 0) is 18.9 Å². The van der Waals surface area contributed by atoms with Crippen molar-refractivity contribution in [1.29, 1.82) is 5.26 Å². The molecule has 0 radical (unpaired) electrons. The van der Waals surface area contributed by atoms with Crippen molar-refractivity contribution in [3.05, 3.63) is 33.9 Å². The number of rotatable bonds is 5. The number of non-ortho nitro benzene ring substituents is 1. The van der Waals surface area contributed by atoms with Gasteiger partial charge in [0.25, 0.3) is 11.6 Å². The Hall–Kier alpha value is -2.95.